The molecule has 1 amide bonds. The van der Waals surface area contributed by atoms with Crippen LogP contribution in [0.5, 0.6) is 0 Å². The summed E-state index contributed by atoms with van der Waals surface area (Å²) >= 11 is 7.23. The van der Waals surface area contributed by atoms with Crippen LogP contribution in [0.15, 0.2) is 82.4 Å². The van der Waals surface area contributed by atoms with E-state index < -0.39 is 0 Å². The number of carbonyl (C=O) groups excluding carboxylic acids is 1. The Morgan fingerprint density at radius 1 is 1.00 bits per heavy atom. The summed E-state index contributed by atoms with van der Waals surface area (Å²) in [4.78, 5) is 19.9. The van der Waals surface area contributed by atoms with Gasteiger partial charge in [-0.1, -0.05) is 53.7 Å². The number of aromatic amines is 1. The molecule has 5 aromatic rings. The number of carbonyl (C=O) groups is 1. The first-order chi connectivity index (χ1) is 15.6. The number of para-hydroxylation sites is 1. The summed E-state index contributed by atoms with van der Waals surface area (Å²) in [6.45, 7) is 0. The molecule has 0 saturated heterocycles. The molecule has 0 fully saturated rings. The number of H-pyrrole nitrogens is 1. The number of nitrogens with one attached hydrogen (secondary N) is 2. The van der Waals surface area contributed by atoms with Crippen molar-refractivity contribution in [2.75, 3.05) is 11.1 Å². The van der Waals surface area contributed by atoms with Gasteiger partial charge in [0.1, 0.15) is 5.82 Å². The van der Waals surface area contributed by atoms with Gasteiger partial charge >= 0.3 is 0 Å². The monoisotopic (exact) mass is 461 g/mol. The Hall–Kier alpha value is -3.62. The third-order valence-electron chi connectivity index (χ3n) is 4.64. The zero-order chi connectivity index (χ0) is 21.9. The third-order valence-corrected chi connectivity index (χ3v) is 5.69. The number of aromatic nitrogens is 4. The molecule has 0 saturated carbocycles. The average Bonchev–Trinajstić information content (AvgIpc) is 3.45. The Labute approximate surface area is 192 Å². The second-order valence-corrected chi connectivity index (χ2v) is 8.26. The van der Waals surface area contributed by atoms with Crippen molar-refractivity contribution in [1.82, 2.24) is 20.2 Å². The molecule has 0 aliphatic heterocycles. The molecule has 0 bridgehead atoms. The lowest BCUT2D eigenvalue weighted by Gasteiger charge is -2.02. The number of thioether (sulfide) groups is 1. The van der Waals surface area contributed by atoms with E-state index in [1.165, 1.54) is 11.8 Å². The highest BCUT2D eigenvalue weighted by molar-refractivity contribution is 7.99. The van der Waals surface area contributed by atoms with Crippen molar-refractivity contribution >= 4 is 46.0 Å². The first-order valence-electron chi connectivity index (χ1n) is 9.71. The molecule has 9 heteroatoms. The Kier molecular flexibility index (Phi) is 5.62. The number of nitrogens with zero attached hydrogens (tertiary/aromatic N) is 3. The maximum atomic E-state index is 12.1. The maximum Gasteiger partial charge on any atom is 0.277 e. The van der Waals surface area contributed by atoms with Crippen molar-refractivity contribution in [2.45, 2.75) is 5.22 Å². The van der Waals surface area contributed by atoms with Crippen LogP contribution < -0.4 is 5.32 Å². The van der Waals surface area contributed by atoms with Crippen molar-refractivity contribution in [1.29, 1.82) is 0 Å². The molecule has 32 heavy (non-hydrogen) atoms. The summed E-state index contributed by atoms with van der Waals surface area (Å²) in [7, 11) is 0. The van der Waals surface area contributed by atoms with Crippen LogP contribution in [0.4, 0.5) is 5.69 Å². The van der Waals surface area contributed by atoms with Crippen molar-refractivity contribution in [2.24, 2.45) is 0 Å². The molecular weight excluding hydrogens is 446 g/mol. The molecule has 2 aromatic heterocycles. The number of anilines is 1. The van der Waals surface area contributed by atoms with Gasteiger partial charge in [-0.3, -0.25) is 4.79 Å². The van der Waals surface area contributed by atoms with Gasteiger partial charge in [0.15, 0.2) is 0 Å². The fourth-order valence-corrected chi connectivity index (χ4v) is 3.86. The van der Waals surface area contributed by atoms with Crippen LogP contribution in [0.25, 0.3) is 33.9 Å². The summed E-state index contributed by atoms with van der Waals surface area (Å²) in [6.07, 6.45) is 0. The maximum absolute atomic E-state index is 12.1. The van der Waals surface area contributed by atoms with Gasteiger partial charge in [-0.25, -0.2) is 4.98 Å². The molecule has 0 unspecified atom stereocenters. The summed E-state index contributed by atoms with van der Waals surface area (Å²) in [6, 6.07) is 22.5. The van der Waals surface area contributed by atoms with Crippen molar-refractivity contribution in [3.8, 4) is 22.8 Å². The predicted octanol–water partition coefficient (Wildman–Crippen LogP) is 5.66. The summed E-state index contributed by atoms with van der Waals surface area (Å²) in [5.74, 6) is 1.17. The van der Waals surface area contributed by atoms with E-state index in [1.54, 1.807) is 0 Å². The number of amides is 1. The Balaban J connectivity index is 1.24. The minimum atomic E-state index is -0.141. The van der Waals surface area contributed by atoms with E-state index in [0.29, 0.717) is 16.1 Å². The van der Waals surface area contributed by atoms with E-state index in [9.17, 15) is 4.79 Å². The van der Waals surface area contributed by atoms with Gasteiger partial charge < -0.3 is 14.7 Å². The topological polar surface area (TPSA) is 96.7 Å². The fraction of sp³-hybridized carbons (Fsp3) is 0.0435. The van der Waals surface area contributed by atoms with Gasteiger partial charge in [-0.2, -0.15) is 0 Å². The quantitative estimate of drug-likeness (QED) is 0.316. The molecular formula is C23H16ClN5O2S. The molecule has 0 aliphatic rings. The largest absolute Gasteiger partial charge is 0.411 e. The molecule has 0 spiro atoms. The van der Waals surface area contributed by atoms with Crippen LogP contribution in [0, 0.1) is 0 Å². The lowest BCUT2D eigenvalue weighted by atomic mass is 10.1. The van der Waals surface area contributed by atoms with Gasteiger partial charge in [-0.15, -0.1) is 10.2 Å². The van der Waals surface area contributed by atoms with E-state index in [2.05, 4.69) is 25.5 Å². The third kappa shape index (κ3) is 4.51. The van der Waals surface area contributed by atoms with Crippen LogP contribution in [0.3, 0.4) is 0 Å². The smallest absolute Gasteiger partial charge is 0.277 e. The second kappa shape index (κ2) is 8.86. The highest BCUT2D eigenvalue weighted by Gasteiger charge is 2.12. The zero-order valence-electron chi connectivity index (χ0n) is 16.6. The average molecular weight is 462 g/mol. The summed E-state index contributed by atoms with van der Waals surface area (Å²) in [5, 5.41) is 11.9. The van der Waals surface area contributed by atoms with Crippen LogP contribution in [0.2, 0.25) is 5.02 Å². The van der Waals surface area contributed by atoms with Crippen molar-refractivity contribution in [3.63, 3.8) is 0 Å². The van der Waals surface area contributed by atoms with Crippen LogP contribution in [-0.2, 0) is 4.79 Å². The molecule has 0 aliphatic carbocycles. The minimum absolute atomic E-state index is 0.141. The normalized spacial score (nSPS) is 11.0. The molecule has 158 valence electrons. The number of rotatable bonds is 6. The Bertz CT molecular complexity index is 1380. The van der Waals surface area contributed by atoms with Gasteiger partial charge in [0.05, 0.1) is 16.8 Å². The lowest BCUT2D eigenvalue weighted by Crippen LogP contribution is -2.13. The van der Waals surface area contributed by atoms with E-state index in [-0.39, 0.29) is 11.7 Å². The van der Waals surface area contributed by atoms with Gasteiger partial charge in [0, 0.05) is 21.8 Å². The number of hydrogen-bond acceptors (Lipinski definition) is 6. The second-order valence-electron chi connectivity index (χ2n) is 6.90. The van der Waals surface area contributed by atoms with Gasteiger partial charge in [0.2, 0.25) is 11.8 Å². The molecule has 0 radical (unpaired) electrons. The molecule has 5 rings (SSSR count). The van der Waals surface area contributed by atoms with Gasteiger partial charge in [-0.05, 0) is 42.5 Å². The molecule has 2 N–H and O–H groups in total. The summed E-state index contributed by atoms with van der Waals surface area (Å²) < 4.78 is 5.70. The predicted molar refractivity (Wildman–Crippen MR) is 126 cm³/mol. The zero-order valence-corrected chi connectivity index (χ0v) is 18.2. The van der Waals surface area contributed by atoms with Crippen molar-refractivity contribution < 1.29 is 9.21 Å². The van der Waals surface area contributed by atoms with E-state index in [1.807, 2.05) is 72.8 Å². The summed E-state index contributed by atoms with van der Waals surface area (Å²) in [5.41, 5.74) is 4.18. The van der Waals surface area contributed by atoms with Crippen LogP contribution in [0.1, 0.15) is 0 Å². The van der Waals surface area contributed by atoms with Crippen LogP contribution in [-0.4, -0.2) is 31.8 Å². The first kappa shape index (κ1) is 20.3. The van der Waals surface area contributed by atoms with E-state index in [4.69, 9.17) is 16.0 Å². The van der Waals surface area contributed by atoms with Crippen molar-refractivity contribution in [3.05, 3.63) is 77.8 Å². The van der Waals surface area contributed by atoms with E-state index >= 15 is 0 Å². The standard InChI is InChI=1S/C23H16ClN5O2S/c24-16-10-11-18-19(12-16)27-21(26-18)14-6-8-15(9-7-14)22-28-29-23(31-22)32-13-20(30)25-17-4-2-1-3-5-17/h1-12H,13H2,(H,25,30)(H,26,27). The molecule has 3 aromatic carbocycles. The lowest BCUT2D eigenvalue weighted by molar-refractivity contribution is -0.113. The highest BCUT2D eigenvalue weighted by Crippen LogP contribution is 2.27. The fourth-order valence-electron chi connectivity index (χ4n) is 3.12. The highest BCUT2D eigenvalue weighted by atomic mass is 35.5. The molecule has 7 nitrogen and oxygen atoms in total. The number of halogens is 1. The minimum Gasteiger partial charge on any atom is -0.411 e. The molecule has 2 heterocycles. The van der Waals surface area contributed by atoms with Gasteiger partial charge in [0.25, 0.3) is 5.22 Å². The van der Waals surface area contributed by atoms with Crippen LogP contribution >= 0.6 is 23.4 Å². The SMILES string of the molecule is O=C(CSc1nnc(-c2ccc(-c3nc4ccc(Cl)cc4[nH]3)cc2)o1)Nc1ccccc1. The number of imidazole rings is 1. The van der Waals surface area contributed by atoms with E-state index in [0.717, 1.165) is 33.7 Å². The number of fused-ring (bicyclic) bond motifs is 1. The number of benzene rings is 3. The number of hydrogen-bond donors (Lipinski definition) is 2. The Morgan fingerprint density at radius 2 is 1.78 bits per heavy atom. The first-order valence-corrected chi connectivity index (χ1v) is 11.1. The Morgan fingerprint density at radius 3 is 2.59 bits per heavy atom. The molecule has 0 atom stereocenters.